The Morgan fingerprint density at radius 2 is 2.47 bits per heavy atom. The van der Waals surface area contributed by atoms with Gasteiger partial charge in [-0.15, -0.1) is 0 Å². The first-order valence-electron chi connectivity index (χ1n) is 5.84. The number of rotatable bonds is 1. The molecule has 2 atom stereocenters. The van der Waals surface area contributed by atoms with Crippen LogP contribution in [0.2, 0.25) is 0 Å². The number of hydrogen-bond donors (Lipinski definition) is 1. The molecule has 0 saturated carbocycles. The molecule has 0 radical (unpaired) electrons. The van der Waals surface area contributed by atoms with Crippen LogP contribution in [0.4, 0.5) is 0 Å². The van der Waals surface area contributed by atoms with Gasteiger partial charge in [0, 0.05) is 18.8 Å². The Hall–Kier alpha value is -0.720. The van der Waals surface area contributed by atoms with Crippen molar-refractivity contribution in [2.45, 2.75) is 25.0 Å². The summed E-state index contributed by atoms with van der Waals surface area (Å²) in [4.78, 5) is 20.9. The SMILES string of the molecule is O=c1[nH]c(C2CN3CCCC3CO2)ncc1Br. The summed E-state index contributed by atoms with van der Waals surface area (Å²) in [6, 6.07) is 0.563. The number of hydrogen-bond acceptors (Lipinski definition) is 4. The van der Waals surface area contributed by atoms with Gasteiger partial charge in [0.1, 0.15) is 16.4 Å². The van der Waals surface area contributed by atoms with Crippen LogP contribution in [-0.4, -0.2) is 40.6 Å². The molecule has 2 unspecified atom stereocenters. The lowest BCUT2D eigenvalue weighted by molar-refractivity contribution is -0.0542. The minimum absolute atomic E-state index is 0.106. The van der Waals surface area contributed by atoms with Crippen LogP contribution in [0, 0.1) is 0 Å². The predicted molar refractivity (Wildman–Crippen MR) is 65.8 cm³/mol. The van der Waals surface area contributed by atoms with E-state index >= 15 is 0 Å². The van der Waals surface area contributed by atoms with Crippen molar-refractivity contribution >= 4 is 15.9 Å². The molecule has 1 N–H and O–H groups in total. The Kier molecular flexibility index (Phi) is 3.02. The van der Waals surface area contributed by atoms with E-state index in [0.717, 1.165) is 19.7 Å². The number of H-pyrrole nitrogens is 1. The highest BCUT2D eigenvalue weighted by molar-refractivity contribution is 9.10. The Morgan fingerprint density at radius 3 is 3.29 bits per heavy atom. The van der Waals surface area contributed by atoms with Gasteiger partial charge in [-0.05, 0) is 35.3 Å². The fourth-order valence-electron chi connectivity index (χ4n) is 2.54. The van der Waals surface area contributed by atoms with Gasteiger partial charge in [-0.1, -0.05) is 0 Å². The van der Waals surface area contributed by atoms with Crippen LogP contribution in [0.25, 0.3) is 0 Å². The van der Waals surface area contributed by atoms with Gasteiger partial charge in [0.15, 0.2) is 0 Å². The molecule has 2 fully saturated rings. The van der Waals surface area contributed by atoms with Gasteiger partial charge in [-0.3, -0.25) is 9.69 Å². The van der Waals surface area contributed by atoms with E-state index in [1.165, 1.54) is 19.0 Å². The van der Waals surface area contributed by atoms with Crippen molar-refractivity contribution in [2.75, 3.05) is 19.7 Å². The Balaban J connectivity index is 1.80. The number of ether oxygens (including phenoxy) is 1. The molecule has 2 aliphatic heterocycles. The number of morpholine rings is 1. The highest BCUT2D eigenvalue weighted by Gasteiger charge is 2.33. The van der Waals surface area contributed by atoms with E-state index in [0.29, 0.717) is 16.3 Å². The van der Waals surface area contributed by atoms with Crippen molar-refractivity contribution < 1.29 is 4.74 Å². The maximum absolute atomic E-state index is 11.5. The number of fused-ring (bicyclic) bond motifs is 1. The van der Waals surface area contributed by atoms with Crippen LogP contribution in [0.15, 0.2) is 15.5 Å². The molecule has 3 rings (SSSR count). The Bertz CT molecular complexity index is 476. The summed E-state index contributed by atoms with van der Waals surface area (Å²) in [5, 5.41) is 0. The summed E-state index contributed by atoms with van der Waals surface area (Å²) in [5.41, 5.74) is -0.151. The molecule has 0 bridgehead atoms. The van der Waals surface area contributed by atoms with E-state index in [1.807, 2.05) is 0 Å². The normalized spacial score (nSPS) is 29.2. The largest absolute Gasteiger partial charge is 0.367 e. The van der Waals surface area contributed by atoms with Crippen molar-refractivity contribution in [3.63, 3.8) is 0 Å². The molecule has 3 heterocycles. The standard InChI is InChI=1S/C11H14BrN3O2/c12-8-4-13-10(14-11(8)16)9-5-15-3-1-2-7(15)6-17-9/h4,7,9H,1-3,5-6H2,(H,13,14,16). The van der Waals surface area contributed by atoms with Crippen molar-refractivity contribution in [1.82, 2.24) is 14.9 Å². The maximum atomic E-state index is 11.5. The molecule has 92 valence electrons. The van der Waals surface area contributed by atoms with Gasteiger partial charge >= 0.3 is 0 Å². The van der Waals surface area contributed by atoms with Gasteiger partial charge in [0.05, 0.1) is 6.61 Å². The number of nitrogens with one attached hydrogen (secondary N) is 1. The quantitative estimate of drug-likeness (QED) is 0.843. The molecular weight excluding hydrogens is 286 g/mol. The topological polar surface area (TPSA) is 58.2 Å². The first kappa shape index (κ1) is 11.4. The summed E-state index contributed by atoms with van der Waals surface area (Å²) in [6.07, 6.45) is 3.89. The zero-order valence-electron chi connectivity index (χ0n) is 9.36. The van der Waals surface area contributed by atoms with Crippen molar-refractivity contribution in [2.24, 2.45) is 0 Å². The number of aromatic amines is 1. The van der Waals surface area contributed by atoms with Crippen LogP contribution < -0.4 is 5.56 Å². The molecule has 0 amide bonds. The monoisotopic (exact) mass is 299 g/mol. The van der Waals surface area contributed by atoms with Crippen molar-refractivity contribution in [1.29, 1.82) is 0 Å². The number of halogens is 1. The molecule has 1 aromatic rings. The summed E-state index contributed by atoms with van der Waals surface area (Å²) < 4.78 is 6.24. The number of aromatic nitrogens is 2. The third kappa shape index (κ3) is 2.17. The molecule has 0 aliphatic carbocycles. The van der Waals surface area contributed by atoms with Crippen molar-refractivity contribution in [3.05, 3.63) is 26.8 Å². The van der Waals surface area contributed by atoms with Crippen LogP contribution in [0.5, 0.6) is 0 Å². The molecule has 0 spiro atoms. The second kappa shape index (κ2) is 4.51. The second-order valence-electron chi connectivity index (χ2n) is 4.56. The predicted octanol–water partition coefficient (Wildman–Crippen LogP) is 1.07. The van der Waals surface area contributed by atoms with Gasteiger partial charge in [-0.2, -0.15) is 0 Å². The van der Waals surface area contributed by atoms with Gasteiger partial charge in [0.25, 0.3) is 5.56 Å². The van der Waals surface area contributed by atoms with Crippen LogP contribution in [0.3, 0.4) is 0 Å². The molecule has 6 heteroatoms. The average molecular weight is 300 g/mol. The number of nitrogens with zero attached hydrogens (tertiary/aromatic N) is 2. The molecular formula is C11H14BrN3O2. The molecule has 5 nitrogen and oxygen atoms in total. The Morgan fingerprint density at radius 1 is 1.59 bits per heavy atom. The third-order valence-electron chi connectivity index (χ3n) is 3.47. The summed E-state index contributed by atoms with van der Waals surface area (Å²) >= 11 is 3.14. The minimum Gasteiger partial charge on any atom is -0.367 e. The Labute approximate surface area is 107 Å². The third-order valence-corrected chi connectivity index (χ3v) is 4.03. The maximum Gasteiger partial charge on any atom is 0.265 e. The van der Waals surface area contributed by atoms with E-state index < -0.39 is 0 Å². The second-order valence-corrected chi connectivity index (χ2v) is 5.41. The van der Waals surface area contributed by atoms with Crippen LogP contribution >= 0.6 is 15.9 Å². The fourth-order valence-corrected chi connectivity index (χ4v) is 2.74. The fraction of sp³-hybridized carbons (Fsp3) is 0.636. The lowest BCUT2D eigenvalue weighted by Crippen LogP contribution is -2.43. The molecule has 2 saturated heterocycles. The minimum atomic E-state index is -0.151. The molecule has 1 aromatic heterocycles. The van der Waals surface area contributed by atoms with E-state index in [1.54, 1.807) is 0 Å². The highest BCUT2D eigenvalue weighted by atomic mass is 79.9. The van der Waals surface area contributed by atoms with Gasteiger partial charge < -0.3 is 9.72 Å². The lowest BCUT2D eigenvalue weighted by Gasteiger charge is -2.34. The first-order valence-corrected chi connectivity index (χ1v) is 6.64. The van der Waals surface area contributed by atoms with E-state index in [2.05, 4.69) is 30.8 Å². The highest BCUT2D eigenvalue weighted by Crippen LogP contribution is 2.28. The van der Waals surface area contributed by atoms with E-state index in [4.69, 9.17) is 4.74 Å². The van der Waals surface area contributed by atoms with Crippen LogP contribution in [-0.2, 0) is 4.74 Å². The lowest BCUT2D eigenvalue weighted by atomic mass is 10.2. The average Bonchev–Trinajstić information content (AvgIpc) is 2.79. The van der Waals surface area contributed by atoms with Gasteiger partial charge in [-0.25, -0.2) is 4.98 Å². The van der Waals surface area contributed by atoms with Crippen LogP contribution in [0.1, 0.15) is 24.8 Å². The molecule has 2 aliphatic rings. The first-order chi connectivity index (χ1) is 8.24. The summed E-state index contributed by atoms with van der Waals surface area (Å²) in [6.45, 7) is 2.70. The summed E-state index contributed by atoms with van der Waals surface area (Å²) in [7, 11) is 0. The smallest absolute Gasteiger partial charge is 0.265 e. The summed E-state index contributed by atoms with van der Waals surface area (Å²) in [5.74, 6) is 0.628. The zero-order valence-corrected chi connectivity index (χ0v) is 10.9. The van der Waals surface area contributed by atoms with E-state index in [9.17, 15) is 4.79 Å². The molecule has 0 aromatic carbocycles. The zero-order chi connectivity index (χ0) is 11.8. The van der Waals surface area contributed by atoms with Crippen molar-refractivity contribution in [3.8, 4) is 0 Å². The molecule has 17 heavy (non-hydrogen) atoms. The van der Waals surface area contributed by atoms with E-state index in [-0.39, 0.29) is 11.7 Å². The van der Waals surface area contributed by atoms with Gasteiger partial charge in [0.2, 0.25) is 0 Å².